The molecule has 2 aromatic heterocycles. The van der Waals surface area contributed by atoms with E-state index in [0.29, 0.717) is 11.2 Å². The molecule has 1 saturated heterocycles. The van der Waals surface area contributed by atoms with E-state index >= 15 is 0 Å². The van der Waals surface area contributed by atoms with Gasteiger partial charge in [-0.3, -0.25) is 10.3 Å². The molecule has 0 spiro atoms. The lowest BCUT2D eigenvalue weighted by Gasteiger charge is -2.26. The molecule has 102 valence electrons. The third kappa shape index (κ3) is 1.71. The third-order valence-electron chi connectivity index (χ3n) is 3.20. The van der Waals surface area contributed by atoms with Crippen LogP contribution in [0.5, 0.6) is 0 Å². The van der Waals surface area contributed by atoms with Gasteiger partial charge in [-0.2, -0.15) is 0 Å². The summed E-state index contributed by atoms with van der Waals surface area (Å²) in [6.45, 7) is -0.460. The zero-order valence-electron chi connectivity index (χ0n) is 9.79. The summed E-state index contributed by atoms with van der Waals surface area (Å²) in [6, 6.07) is 0. The first-order chi connectivity index (χ1) is 9.05. The van der Waals surface area contributed by atoms with Crippen LogP contribution in [0.4, 0.5) is 0 Å². The van der Waals surface area contributed by atoms with Crippen molar-refractivity contribution in [3.05, 3.63) is 18.9 Å². The number of aromatic nitrogens is 4. The van der Waals surface area contributed by atoms with Gasteiger partial charge in [0.05, 0.1) is 19.1 Å². The van der Waals surface area contributed by atoms with E-state index < -0.39 is 30.8 Å². The summed E-state index contributed by atoms with van der Waals surface area (Å²) in [4.78, 5) is 11.9. The van der Waals surface area contributed by atoms with Gasteiger partial charge in [0.15, 0.2) is 17.6 Å². The highest BCUT2D eigenvalue weighted by atomic mass is 16.6. The first kappa shape index (κ1) is 12.4. The van der Waals surface area contributed by atoms with Crippen LogP contribution in [0.25, 0.3) is 11.2 Å². The molecule has 0 aromatic carbocycles. The van der Waals surface area contributed by atoms with E-state index in [1.807, 2.05) is 0 Å². The van der Waals surface area contributed by atoms with Gasteiger partial charge in [0.25, 0.3) is 0 Å². The Hall–Kier alpha value is -1.65. The van der Waals surface area contributed by atoms with Crippen LogP contribution in [0.1, 0.15) is 6.23 Å². The van der Waals surface area contributed by atoms with Crippen LogP contribution < -0.4 is 5.73 Å². The summed E-state index contributed by atoms with van der Waals surface area (Å²) < 4.78 is 6.78. The van der Waals surface area contributed by atoms with E-state index in [0.717, 1.165) is 0 Å². The number of hydrogen-bond donors (Lipinski definition) is 4. The molecule has 0 radical (unpaired) electrons. The molecule has 3 rings (SSSR count). The zero-order valence-corrected chi connectivity index (χ0v) is 9.79. The van der Waals surface area contributed by atoms with E-state index in [1.54, 1.807) is 0 Å². The largest absolute Gasteiger partial charge is 0.394 e. The van der Waals surface area contributed by atoms with Crippen LogP contribution in [0.3, 0.4) is 0 Å². The number of aliphatic hydroxyl groups excluding tert-OH is 2. The minimum atomic E-state index is -2.05. The Morgan fingerprint density at radius 2 is 2.26 bits per heavy atom. The van der Waals surface area contributed by atoms with Gasteiger partial charge >= 0.3 is 0 Å². The fourth-order valence-corrected chi connectivity index (χ4v) is 2.18. The van der Waals surface area contributed by atoms with Gasteiger partial charge in [0.1, 0.15) is 24.1 Å². The highest BCUT2D eigenvalue weighted by Gasteiger charge is 2.54. The highest BCUT2D eigenvalue weighted by Crippen LogP contribution is 2.35. The van der Waals surface area contributed by atoms with Crippen molar-refractivity contribution in [3.63, 3.8) is 0 Å². The third-order valence-corrected chi connectivity index (χ3v) is 3.20. The van der Waals surface area contributed by atoms with E-state index in [2.05, 4.69) is 15.0 Å². The number of nitrogens with two attached hydrogens (primary N) is 1. The maximum Gasteiger partial charge on any atom is 0.188 e. The van der Waals surface area contributed by atoms with E-state index in [4.69, 9.17) is 15.6 Å². The second kappa shape index (κ2) is 4.18. The minimum Gasteiger partial charge on any atom is -0.394 e. The summed E-state index contributed by atoms with van der Waals surface area (Å²) in [5.74, 6) is 0. The average Bonchev–Trinajstić information content (AvgIpc) is 2.91. The van der Waals surface area contributed by atoms with Crippen LogP contribution in [-0.4, -0.2) is 59.4 Å². The lowest BCUT2D eigenvalue weighted by Crippen LogP contribution is -2.54. The average molecular weight is 267 g/mol. The van der Waals surface area contributed by atoms with E-state index in [1.165, 1.54) is 23.4 Å². The van der Waals surface area contributed by atoms with Gasteiger partial charge in [0.2, 0.25) is 0 Å². The molecule has 3 heterocycles. The molecular formula is C10H13N5O4. The van der Waals surface area contributed by atoms with Crippen molar-refractivity contribution in [2.75, 3.05) is 6.61 Å². The molecule has 2 aromatic rings. The lowest BCUT2D eigenvalue weighted by atomic mass is 10.1. The van der Waals surface area contributed by atoms with Gasteiger partial charge in [-0.1, -0.05) is 0 Å². The fraction of sp³-hybridized carbons (Fsp3) is 0.500. The summed E-state index contributed by atoms with van der Waals surface area (Å²) >= 11 is 0. The molecule has 0 amide bonds. The number of fused-ring (bicyclic) bond motifs is 1. The van der Waals surface area contributed by atoms with E-state index in [9.17, 15) is 10.2 Å². The number of aliphatic hydroxyl groups is 3. The molecule has 4 atom stereocenters. The summed E-state index contributed by atoms with van der Waals surface area (Å²) in [5.41, 5.74) is 4.56. The van der Waals surface area contributed by atoms with E-state index in [-0.39, 0.29) is 0 Å². The number of nitrogens with zero attached hydrogens (tertiary/aromatic N) is 4. The summed E-state index contributed by atoms with van der Waals surface area (Å²) in [7, 11) is 0. The number of rotatable bonds is 2. The predicted molar refractivity (Wildman–Crippen MR) is 61.5 cm³/mol. The summed E-state index contributed by atoms with van der Waals surface area (Å²) in [5, 5.41) is 29.1. The molecule has 5 N–H and O–H groups in total. The predicted octanol–water partition coefficient (Wildman–Crippen LogP) is -2.28. The zero-order chi connectivity index (χ0) is 13.6. The Morgan fingerprint density at radius 1 is 1.47 bits per heavy atom. The Labute approximate surface area is 107 Å². The van der Waals surface area contributed by atoms with Crippen LogP contribution in [0.2, 0.25) is 0 Å². The van der Waals surface area contributed by atoms with Crippen molar-refractivity contribution in [3.8, 4) is 0 Å². The number of imidazole rings is 1. The highest BCUT2D eigenvalue weighted by molar-refractivity contribution is 5.69. The monoisotopic (exact) mass is 267 g/mol. The quantitative estimate of drug-likeness (QED) is 0.446. The van der Waals surface area contributed by atoms with Crippen LogP contribution >= 0.6 is 0 Å². The number of ether oxygens (including phenoxy) is 1. The Bertz CT molecular complexity index is 600. The maximum absolute atomic E-state index is 10.2. The fourth-order valence-electron chi connectivity index (χ4n) is 2.18. The lowest BCUT2D eigenvalue weighted by molar-refractivity contribution is -0.103. The normalized spacial score (nSPS) is 35.1. The van der Waals surface area contributed by atoms with Crippen LogP contribution in [-0.2, 0) is 4.74 Å². The molecule has 9 heteroatoms. The molecule has 9 nitrogen and oxygen atoms in total. The molecule has 1 unspecified atom stereocenters. The minimum absolute atomic E-state index is 0.412. The molecule has 19 heavy (non-hydrogen) atoms. The maximum atomic E-state index is 10.2. The molecule has 0 saturated carbocycles. The van der Waals surface area contributed by atoms with Crippen LogP contribution in [0.15, 0.2) is 18.9 Å². The van der Waals surface area contributed by atoms with Crippen LogP contribution in [0, 0.1) is 0 Å². The van der Waals surface area contributed by atoms with Crippen molar-refractivity contribution >= 4 is 11.2 Å². The Kier molecular flexibility index (Phi) is 2.73. The second-order valence-electron chi connectivity index (χ2n) is 4.43. The van der Waals surface area contributed by atoms with Gasteiger partial charge in [-0.25, -0.2) is 15.0 Å². The molecule has 0 bridgehead atoms. The van der Waals surface area contributed by atoms with Gasteiger partial charge in [0, 0.05) is 0 Å². The Balaban J connectivity index is 2.07. The second-order valence-corrected chi connectivity index (χ2v) is 4.43. The summed E-state index contributed by atoms with van der Waals surface area (Å²) in [6.07, 6.45) is 0.725. The molecule has 0 aliphatic carbocycles. The first-order valence-corrected chi connectivity index (χ1v) is 5.64. The van der Waals surface area contributed by atoms with Gasteiger partial charge in [-0.15, -0.1) is 0 Å². The van der Waals surface area contributed by atoms with Crippen molar-refractivity contribution in [2.24, 2.45) is 5.73 Å². The SMILES string of the molecule is N[C@]1(O)C(n2cnc3cncnc32)O[C@H](CO)[C@H]1O. The topological polar surface area (TPSA) is 140 Å². The van der Waals surface area contributed by atoms with Crippen molar-refractivity contribution < 1.29 is 20.1 Å². The molecule has 1 aliphatic rings. The first-order valence-electron chi connectivity index (χ1n) is 5.64. The van der Waals surface area contributed by atoms with Crippen molar-refractivity contribution in [1.29, 1.82) is 0 Å². The molecule has 1 fully saturated rings. The smallest absolute Gasteiger partial charge is 0.188 e. The van der Waals surface area contributed by atoms with Gasteiger partial charge in [-0.05, 0) is 0 Å². The van der Waals surface area contributed by atoms with Crippen molar-refractivity contribution in [2.45, 2.75) is 24.2 Å². The Morgan fingerprint density at radius 3 is 2.95 bits per heavy atom. The van der Waals surface area contributed by atoms with Crippen molar-refractivity contribution in [1.82, 2.24) is 19.5 Å². The molecular weight excluding hydrogens is 254 g/mol. The standard InChI is InChI=1S/C10H13N5O4/c11-10(18)7(17)6(2-16)19-9(10)15-4-14-5-1-12-3-13-8(5)15/h1,3-4,6-7,9,16-18H,2,11H2/t6-,7-,9?,10-/m1/s1. The molecule has 1 aliphatic heterocycles. The van der Waals surface area contributed by atoms with Gasteiger partial charge < -0.3 is 20.1 Å². The number of hydrogen-bond acceptors (Lipinski definition) is 8.